The molecular formula is C22H29N3O4. The van der Waals surface area contributed by atoms with E-state index in [2.05, 4.69) is 16.0 Å². The number of methoxy groups -OCH3 is 1. The number of ether oxygens (including phenoxy) is 2. The first-order chi connectivity index (χ1) is 14.0. The van der Waals surface area contributed by atoms with Crippen LogP contribution in [0.15, 0.2) is 48.5 Å². The summed E-state index contributed by atoms with van der Waals surface area (Å²) in [4.78, 5) is 24.5. The molecule has 0 heterocycles. The summed E-state index contributed by atoms with van der Waals surface area (Å²) < 4.78 is 10.7. The summed E-state index contributed by atoms with van der Waals surface area (Å²) in [5.41, 5.74) is 1.84. The highest BCUT2D eigenvalue weighted by molar-refractivity contribution is 5.96. The second-order valence-electron chi connectivity index (χ2n) is 6.75. The van der Waals surface area contributed by atoms with E-state index in [1.54, 1.807) is 31.4 Å². The molecular weight excluding hydrogens is 370 g/mol. The normalized spacial score (nSPS) is 10.5. The number of rotatable bonds is 11. The molecule has 7 heteroatoms. The summed E-state index contributed by atoms with van der Waals surface area (Å²) >= 11 is 0. The van der Waals surface area contributed by atoms with E-state index in [0.717, 1.165) is 6.42 Å². The van der Waals surface area contributed by atoms with Crippen LogP contribution in [0, 0.1) is 0 Å². The monoisotopic (exact) mass is 399 g/mol. The molecule has 0 atom stereocenters. The first-order valence-corrected chi connectivity index (χ1v) is 9.66. The van der Waals surface area contributed by atoms with Crippen LogP contribution in [0.25, 0.3) is 0 Å². The van der Waals surface area contributed by atoms with Crippen molar-refractivity contribution in [2.24, 2.45) is 0 Å². The van der Waals surface area contributed by atoms with Gasteiger partial charge in [-0.15, -0.1) is 0 Å². The number of benzene rings is 2. The molecule has 0 unspecified atom stereocenters. The third-order valence-corrected chi connectivity index (χ3v) is 3.91. The highest BCUT2D eigenvalue weighted by Crippen LogP contribution is 2.24. The average molecular weight is 399 g/mol. The predicted octanol–water partition coefficient (Wildman–Crippen LogP) is 3.29. The topological polar surface area (TPSA) is 88.7 Å². The molecule has 0 saturated carbocycles. The number of hydrogen-bond acceptors (Lipinski definition) is 5. The van der Waals surface area contributed by atoms with Crippen LogP contribution in [0.2, 0.25) is 0 Å². The van der Waals surface area contributed by atoms with Gasteiger partial charge in [0.1, 0.15) is 5.75 Å². The van der Waals surface area contributed by atoms with E-state index in [9.17, 15) is 9.59 Å². The average Bonchev–Trinajstić information content (AvgIpc) is 2.71. The zero-order valence-corrected chi connectivity index (χ0v) is 17.2. The molecule has 0 aliphatic carbocycles. The quantitative estimate of drug-likeness (QED) is 0.505. The van der Waals surface area contributed by atoms with Crippen LogP contribution >= 0.6 is 0 Å². The number of hydrogen-bond donors (Lipinski definition) is 3. The summed E-state index contributed by atoms with van der Waals surface area (Å²) in [7, 11) is 1.63. The Bertz CT molecular complexity index is 808. The minimum absolute atomic E-state index is 0.00885. The second-order valence-corrected chi connectivity index (χ2v) is 6.75. The smallest absolute Gasteiger partial charge is 0.251 e. The molecule has 2 rings (SSSR count). The molecule has 0 spiro atoms. The largest absolute Gasteiger partial charge is 0.489 e. The summed E-state index contributed by atoms with van der Waals surface area (Å²) in [5, 5.41) is 8.73. The first-order valence-electron chi connectivity index (χ1n) is 9.66. The number of carbonyl (C=O) groups excluding carboxylic acids is 2. The van der Waals surface area contributed by atoms with Gasteiger partial charge >= 0.3 is 0 Å². The van der Waals surface area contributed by atoms with Gasteiger partial charge in [-0.1, -0.05) is 18.2 Å². The number of anilines is 2. The van der Waals surface area contributed by atoms with Gasteiger partial charge in [-0.25, -0.2) is 0 Å². The minimum atomic E-state index is -0.209. The van der Waals surface area contributed by atoms with Gasteiger partial charge in [0.2, 0.25) is 5.91 Å². The van der Waals surface area contributed by atoms with Crippen LogP contribution in [0.1, 0.15) is 30.6 Å². The Morgan fingerprint density at radius 3 is 2.62 bits per heavy atom. The predicted molar refractivity (Wildman–Crippen MR) is 115 cm³/mol. The molecule has 0 aromatic heterocycles. The molecule has 0 saturated heterocycles. The van der Waals surface area contributed by atoms with Gasteiger partial charge in [-0.2, -0.15) is 0 Å². The maximum absolute atomic E-state index is 12.3. The number of para-hydroxylation sites is 2. The fraction of sp³-hybridized carbons (Fsp3) is 0.364. The Hall–Kier alpha value is -3.06. The van der Waals surface area contributed by atoms with Crippen molar-refractivity contribution in [3.8, 4) is 5.75 Å². The highest BCUT2D eigenvalue weighted by atomic mass is 16.5. The Labute approximate surface area is 171 Å². The fourth-order valence-corrected chi connectivity index (χ4v) is 2.59. The van der Waals surface area contributed by atoms with Crippen LogP contribution < -0.4 is 20.7 Å². The minimum Gasteiger partial charge on any atom is -0.489 e. The molecule has 0 bridgehead atoms. The lowest BCUT2D eigenvalue weighted by Crippen LogP contribution is -2.25. The van der Waals surface area contributed by atoms with Crippen molar-refractivity contribution in [3.63, 3.8) is 0 Å². The van der Waals surface area contributed by atoms with Gasteiger partial charge in [0.05, 0.1) is 18.3 Å². The summed E-state index contributed by atoms with van der Waals surface area (Å²) in [6, 6.07) is 14.3. The molecule has 3 N–H and O–H groups in total. The Balaban J connectivity index is 1.88. The van der Waals surface area contributed by atoms with E-state index in [0.29, 0.717) is 35.8 Å². The van der Waals surface area contributed by atoms with Crippen LogP contribution in [0.4, 0.5) is 11.4 Å². The fourth-order valence-electron chi connectivity index (χ4n) is 2.59. The SMILES string of the molecule is COCCCNC(=O)c1cccc(NCC(=O)Nc2ccccc2OC(C)C)c1. The highest BCUT2D eigenvalue weighted by Gasteiger charge is 2.10. The number of carbonyl (C=O) groups is 2. The first kappa shape index (κ1) is 22.2. The van der Waals surface area contributed by atoms with Crippen molar-refractivity contribution in [2.45, 2.75) is 26.4 Å². The molecule has 0 fully saturated rings. The third kappa shape index (κ3) is 7.83. The lowest BCUT2D eigenvalue weighted by Gasteiger charge is -2.15. The molecule has 7 nitrogen and oxygen atoms in total. The zero-order chi connectivity index (χ0) is 21.1. The molecule has 0 radical (unpaired) electrons. The lowest BCUT2D eigenvalue weighted by atomic mass is 10.2. The van der Waals surface area contributed by atoms with E-state index >= 15 is 0 Å². The summed E-state index contributed by atoms with van der Waals surface area (Å²) in [6.45, 7) is 5.07. The van der Waals surface area contributed by atoms with Gasteiger partial charge in [-0.3, -0.25) is 9.59 Å². The van der Waals surface area contributed by atoms with Gasteiger partial charge in [0.15, 0.2) is 0 Å². The molecule has 0 aliphatic heterocycles. The van der Waals surface area contributed by atoms with Crippen molar-refractivity contribution >= 4 is 23.2 Å². The van der Waals surface area contributed by atoms with Crippen molar-refractivity contribution < 1.29 is 19.1 Å². The van der Waals surface area contributed by atoms with Gasteiger partial charge < -0.3 is 25.4 Å². The Morgan fingerprint density at radius 1 is 1.07 bits per heavy atom. The molecule has 156 valence electrons. The van der Waals surface area contributed by atoms with Crippen molar-refractivity contribution in [2.75, 3.05) is 37.4 Å². The molecule has 2 amide bonds. The van der Waals surface area contributed by atoms with E-state index in [4.69, 9.17) is 9.47 Å². The van der Waals surface area contributed by atoms with Gasteiger partial charge in [-0.05, 0) is 50.6 Å². The van der Waals surface area contributed by atoms with Crippen molar-refractivity contribution in [3.05, 3.63) is 54.1 Å². The van der Waals surface area contributed by atoms with Crippen molar-refractivity contribution in [1.82, 2.24) is 5.32 Å². The molecule has 2 aromatic rings. The Morgan fingerprint density at radius 2 is 1.86 bits per heavy atom. The number of amides is 2. The number of nitrogens with one attached hydrogen (secondary N) is 3. The lowest BCUT2D eigenvalue weighted by molar-refractivity contribution is -0.114. The molecule has 2 aromatic carbocycles. The van der Waals surface area contributed by atoms with Crippen LogP contribution in [-0.2, 0) is 9.53 Å². The maximum atomic E-state index is 12.3. The second kappa shape index (κ2) is 11.7. The van der Waals surface area contributed by atoms with E-state index in [1.807, 2.05) is 38.1 Å². The standard InChI is InChI=1S/C22H29N3O4/c1-16(2)29-20-11-5-4-10-19(20)25-21(26)15-24-18-9-6-8-17(14-18)22(27)23-12-7-13-28-3/h4-6,8-11,14,16,24H,7,12-13,15H2,1-3H3,(H,23,27)(H,25,26). The third-order valence-electron chi connectivity index (χ3n) is 3.91. The summed E-state index contributed by atoms with van der Waals surface area (Å²) in [5.74, 6) is 0.260. The summed E-state index contributed by atoms with van der Waals surface area (Å²) in [6.07, 6.45) is 0.761. The molecule has 0 aliphatic rings. The van der Waals surface area contributed by atoms with E-state index < -0.39 is 0 Å². The Kier molecular flexibility index (Phi) is 8.98. The van der Waals surface area contributed by atoms with Crippen molar-refractivity contribution in [1.29, 1.82) is 0 Å². The van der Waals surface area contributed by atoms with Crippen LogP contribution in [0.3, 0.4) is 0 Å². The maximum Gasteiger partial charge on any atom is 0.251 e. The van der Waals surface area contributed by atoms with Crippen LogP contribution in [0.5, 0.6) is 5.75 Å². The van der Waals surface area contributed by atoms with Gasteiger partial charge in [0.25, 0.3) is 5.91 Å². The van der Waals surface area contributed by atoms with Crippen LogP contribution in [-0.4, -0.2) is 44.7 Å². The van der Waals surface area contributed by atoms with E-state index in [1.165, 1.54) is 0 Å². The zero-order valence-electron chi connectivity index (χ0n) is 17.2. The van der Waals surface area contributed by atoms with E-state index in [-0.39, 0.29) is 24.5 Å². The molecule has 29 heavy (non-hydrogen) atoms. The van der Waals surface area contributed by atoms with Gasteiger partial charge in [0, 0.05) is 31.5 Å².